The second-order valence-corrected chi connectivity index (χ2v) is 7.55. The summed E-state index contributed by atoms with van der Waals surface area (Å²) in [6, 6.07) is 8.91. The predicted octanol–water partition coefficient (Wildman–Crippen LogP) is 4.60. The Bertz CT molecular complexity index is 1070. The molecular weight excluding hydrogens is 433 g/mol. The molecule has 1 aliphatic heterocycles. The van der Waals surface area contributed by atoms with Crippen molar-refractivity contribution >= 4 is 29.2 Å². The van der Waals surface area contributed by atoms with Gasteiger partial charge in [-0.2, -0.15) is 18.2 Å². The van der Waals surface area contributed by atoms with Gasteiger partial charge in [-0.25, -0.2) is 5.10 Å². The Balaban J connectivity index is 1.69. The van der Waals surface area contributed by atoms with Crippen molar-refractivity contribution in [3.63, 3.8) is 0 Å². The molecule has 1 fully saturated rings. The molecule has 4 rings (SSSR count). The number of rotatable bonds is 5. The molecule has 11 heteroatoms. The van der Waals surface area contributed by atoms with Crippen molar-refractivity contribution in [2.45, 2.75) is 25.1 Å². The molecule has 0 spiro atoms. The van der Waals surface area contributed by atoms with Crippen LogP contribution in [0.4, 0.5) is 30.8 Å². The van der Waals surface area contributed by atoms with E-state index in [0.717, 1.165) is 32.0 Å². The molecule has 2 aromatic carbocycles. The highest BCUT2D eigenvalue weighted by Crippen LogP contribution is 2.43. The van der Waals surface area contributed by atoms with Gasteiger partial charge in [0.25, 0.3) is 0 Å². The highest BCUT2D eigenvalue weighted by Gasteiger charge is 2.35. The second kappa shape index (κ2) is 8.64. The van der Waals surface area contributed by atoms with Gasteiger partial charge in [-0.15, -0.1) is 5.10 Å². The van der Waals surface area contributed by atoms with Crippen molar-refractivity contribution in [1.82, 2.24) is 20.5 Å². The molecule has 1 saturated heterocycles. The molecule has 0 radical (unpaired) electrons. The zero-order chi connectivity index (χ0) is 22.0. The number of aromatic amines is 1. The summed E-state index contributed by atoms with van der Waals surface area (Å²) in [4.78, 5) is 3.83. The predicted molar refractivity (Wildman–Crippen MR) is 112 cm³/mol. The number of aromatic nitrogens is 3. The van der Waals surface area contributed by atoms with Crippen LogP contribution in [0.1, 0.15) is 18.4 Å². The quantitative estimate of drug-likeness (QED) is 0.451. The summed E-state index contributed by atoms with van der Waals surface area (Å²) in [6.45, 7) is 1.69. The fourth-order valence-corrected chi connectivity index (χ4v) is 3.81. The first-order valence-electron chi connectivity index (χ1n) is 9.63. The fraction of sp³-hybridized carbons (Fsp3) is 0.300. The maximum absolute atomic E-state index is 13.9. The summed E-state index contributed by atoms with van der Waals surface area (Å²) in [5.74, 6) is 0.575. The average molecular weight is 453 g/mol. The highest BCUT2D eigenvalue weighted by molar-refractivity contribution is 6.34. The summed E-state index contributed by atoms with van der Waals surface area (Å²) in [6.07, 6.45) is -2.94. The number of H-pyrrole nitrogens is 1. The van der Waals surface area contributed by atoms with Crippen LogP contribution in [-0.4, -0.2) is 34.4 Å². The topological polar surface area (TPSA) is 101 Å². The third-order valence-electron chi connectivity index (χ3n) is 4.87. The van der Waals surface area contributed by atoms with Crippen LogP contribution in [0.2, 0.25) is 5.02 Å². The monoisotopic (exact) mass is 452 g/mol. The minimum absolute atomic E-state index is 0.0226. The van der Waals surface area contributed by atoms with Gasteiger partial charge < -0.3 is 21.1 Å². The summed E-state index contributed by atoms with van der Waals surface area (Å²) in [5, 5.41) is 12.0. The Morgan fingerprint density at radius 3 is 2.61 bits per heavy atom. The van der Waals surface area contributed by atoms with Gasteiger partial charge in [-0.05, 0) is 55.8 Å². The van der Waals surface area contributed by atoms with Crippen molar-refractivity contribution in [3.8, 4) is 16.9 Å². The molecule has 31 heavy (non-hydrogen) atoms. The molecule has 0 bridgehead atoms. The van der Waals surface area contributed by atoms with E-state index >= 15 is 0 Å². The Hall–Kier alpha value is -2.98. The molecule has 0 aliphatic carbocycles. The zero-order valence-electron chi connectivity index (χ0n) is 16.3. The number of alkyl halides is 3. The number of anilines is 3. The standard InChI is InChI=1S/C20H20ClF3N6O/c21-16-10-12(27-19-28-18(25)29-30-19)9-15(20(22,23)24)17(16)11-2-1-3-14(8-11)31-13-4-6-26-7-5-13/h1-3,8-10,13,26H,4-7H2,(H4,25,27,28,29,30). The number of nitrogens with zero attached hydrogens (tertiary/aromatic N) is 2. The number of piperidine rings is 1. The largest absolute Gasteiger partial charge is 0.490 e. The average Bonchev–Trinajstić information content (AvgIpc) is 3.12. The van der Waals surface area contributed by atoms with Gasteiger partial charge in [-0.3, -0.25) is 0 Å². The molecule has 1 aromatic heterocycles. The number of benzene rings is 2. The van der Waals surface area contributed by atoms with E-state index in [1.165, 1.54) is 6.07 Å². The van der Waals surface area contributed by atoms with E-state index < -0.39 is 11.7 Å². The van der Waals surface area contributed by atoms with Crippen LogP contribution < -0.4 is 21.1 Å². The second-order valence-electron chi connectivity index (χ2n) is 7.14. The molecule has 0 atom stereocenters. The molecule has 3 aromatic rings. The number of hydrogen-bond acceptors (Lipinski definition) is 6. The molecule has 0 saturated carbocycles. The summed E-state index contributed by atoms with van der Waals surface area (Å²) < 4.78 is 47.8. The van der Waals surface area contributed by atoms with Gasteiger partial charge in [0.15, 0.2) is 0 Å². The maximum atomic E-state index is 13.9. The SMILES string of the molecule is Nc1nc(Nc2cc(Cl)c(-c3cccc(OC4CCNCC4)c3)c(C(F)(F)F)c2)n[nH]1. The van der Waals surface area contributed by atoms with Gasteiger partial charge in [0.1, 0.15) is 11.9 Å². The molecular formula is C20H20ClF3N6O. The lowest BCUT2D eigenvalue weighted by atomic mass is 9.98. The first-order valence-corrected chi connectivity index (χ1v) is 10.0. The van der Waals surface area contributed by atoms with E-state index in [2.05, 4.69) is 25.8 Å². The highest BCUT2D eigenvalue weighted by atomic mass is 35.5. The van der Waals surface area contributed by atoms with E-state index in [9.17, 15) is 13.2 Å². The van der Waals surface area contributed by atoms with Crippen molar-refractivity contribution < 1.29 is 17.9 Å². The van der Waals surface area contributed by atoms with Crippen LogP contribution in [0.3, 0.4) is 0 Å². The van der Waals surface area contributed by atoms with Crippen molar-refractivity contribution in [2.75, 3.05) is 24.1 Å². The normalized spacial score (nSPS) is 15.1. The molecule has 2 heterocycles. The van der Waals surface area contributed by atoms with Crippen molar-refractivity contribution in [2.24, 2.45) is 0 Å². The van der Waals surface area contributed by atoms with Crippen LogP contribution in [0.15, 0.2) is 36.4 Å². The van der Waals surface area contributed by atoms with Gasteiger partial charge in [-0.1, -0.05) is 23.7 Å². The van der Waals surface area contributed by atoms with Crippen LogP contribution in [0.25, 0.3) is 11.1 Å². The molecule has 7 nitrogen and oxygen atoms in total. The van der Waals surface area contributed by atoms with E-state index in [4.69, 9.17) is 22.1 Å². The van der Waals surface area contributed by atoms with E-state index in [0.29, 0.717) is 11.3 Å². The molecule has 1 aliphatic rings. The van der Waals surface area contributed by atoms with E-state index in [1.807, 2.05) is 0 Å². The Morgan fingerprint density at radius 2 is 1.94 bits per heavy atom. The van der Waals surface area contributed by atoms with Crippen LogP contribution in [-0.2, 0) is 6.18 Å². The molecule has 164 valence electrons. The van der Waals surface area contributed by atoms with Gasteiger partial charge in [0.05, 0.1) is 10.6 Å². The smallest absolute Gasteiger partial charge is 0.417 e. The lowest BCUT2D eigenvalue weighted by Crippen LogP contribution is -2.34. The zero-order valence-corrected chi connectivity index (χ0v) is 17.0. The number of nitrogens with two attached hydrogens (primary N) is 1. The number of ether oxygens (including phenoxy) is 1. The summed E-state index contributed by atoms with van der Waals surface area (Å²) >= 11 is 6.33. The number of halogens is 4. The van der Waals surface area contributed by atoms with E-state index in [1.54, 1.807) is 24.3 Å². The number of nitrogens with one attached hydrogen (secondary N) is 3. The van der Waals surface area contributed by atoms with E-state index in [-0.39, 0.29) is 34.3 Å². The van der Waals surface area contributed by atoms with Gasteiger partial charge in [0, 0.05) is 11.3 Å². The third-order valence-corrected chi connectivity index (χ3v) is 5.16. The van der Waals surface area contributed by atoms with Crippen molar-refractivity contribution in [1.29, 1.82) is 0 Å². The van der Waals surface area contributed by atoms with Crippen LogP contribution >= 0.6 is 11.6 Å². The Morgan fingerprint density at radius 1 is 1.16 bits per heavy atom. The summed E-state index contributed by atoms with van der Waals surface area (Å²) in [7, 11) is 0. The van der Waals surface area contributed by atoms with Gasteiger partial charge >= 0.3 is 6.18 Å². The van der Waals surface area contributed by atoms with Crippen LogP contribution in [0, 0.1) is 0 Å². The minimum atomic E-state index is -4.64. The fourth-order valence-electron chi connectivity index (χ4n) is 3.49. The molecule has 0 unspecified atom stereocenters. The first-order chi connectivity index (χ1) is 14.8. The maximum Gasteiger partial charge on any atom is 0.417 e. The Labute approximate surface area is 181 Å². The first kappa shape index (κ1) is 21.3. The van der Waals surface area contributed by atoms with Crippen molar-refractivity contribution in [3.05, 3.63) is 47.0 Å². The Kier molecular flexibility index (Phi) is 5.92. The lowest BCUT2D eigenvalue weighted by Gasteiger charge is -2.24. The molecule has 5 N–H and O–H groups in total. The number of nitrogen functional groups attached to an aromatic ring is 1. The minimum Gasteiger partial charge on any atom is -0.490 e. The summed E-state index contributed by atoms with van der Waals surface area (Å²) in [5.41, 5.74) is 4.85. The number of hydrogen-bond donors (Lipinski definition) is 4. The lowest BCUT2D eigenvalue weighted by molar-refractivity contribution is -0.137. The third kappa shape index (κ3) is 5.02. The van der Waals surface area contributed by atoms with Gasteiger partial charge in [0.2, 0.25) is 11.9 Å². The molecule has 0 amide bonds. The van der Waals surface area contributed by atoms with Crippen LogP contribution in [0.5, 0.6) is 5.75 Å².